The van der Waals surface area contributed by atoms with E-state index < -0.39 is 5.97 Å². The molecule has 1 aliphatic heterocycles. The molecule has 0 bridgehead atoms. The van der Waals surface area contributed by atoms with Crippen LogP contribution in [0.4, 0.5) is 5.69 Å². The highest BCUT2D eigenvalue weighted by atomic mass is 16.6. The molecule has 0 radical (unpaired) electrons. The van der Waals surface area contributed by atoms with Crippen molar-refractivity contribution in [1.82, 2.24) is 4.98 Å². The predicted molar refractivity (Wildman–Crippen MR) is 74.4 cm³/mol. The fourth-order valence-electron chi connectivity index (χ4n) is 2.19. The van der Waals surface area contributed by atoms with Crippen LogP contribution in [0.3, 0.4) is 0 Å². The van der Waals surface area contributed by atoms with Gasteiger partial charge in [0.05, 0.1) is 24.6 Å². The Bertz CT molecular complexity index is 503. The number of ether oxygens (including phenoxy) is 2. The monoisotopic (exact) mass is 294 g/mol. The molecule has 7 heteroatoms. The summed E-state index contributed by atoms with van der Waals surface area (Å²) in [6.07, 6.45) is 2.31. The highest BCUT2D eigenvalue weighted by Gasteiger charge is 2.24. The number of rotatable bonds is 6. The van der Waals surface area contributed by atoms with Crippen LogP contribution in [0.1, 0.15) is 23.8 Å². The summed E-state index contributed by atoms with van der Waals surface area (Å²) in [6, 6.07) is 3.20. The second-order valence-corrected chi connectivity index (χ2v) is 4.68. The Hall–Kier alpha value is -2.15. The number of carbonyl (C=O) groups excluding carboxylic acids is 1. The fourth-order valence-corrected chi connectivity index (χ4v) is 2.19. The SMILES string of the molecule is CCOC(=O)CO[C@@H]1CCN(c2ccc(C(=O)O)nc2)C1. The summed E-state index contributed by atoms with van der Waals surface area (Å²) in [4.78, 5) is 27.9. The number of carboxylic acids is 1. The number of aromatic carboxylic acids is 1. The zero-order chi connectivity index (χ0) is 15.2. The Morgan fingerprint density at radius 2 is 2.29 bits per heavy atom. The molecule has 0 unspecified atom stereocenters. The van der Waals surface area contributed by atoms with Crippen molar-refractivity contribution in [3.63, 3.8) is 0 Å². The van der Waals surface area contributed by atoms with E-state index in [2.05, 4.69) is 9.88 Å². The van der Waals surface area contributed by atoms with Gasteiger partial charge in [-0.3, -0.25) is 0 Å². The van der Waals surface area contributed by atoms with Crippen LogP contribution < -0.4 is 4.90 Å². The molecule has 0 saturated carbocycles. The minimum Gasteiger partial charge on any atom is -0.477 e. The molecule has 114 valence electrons. The molecule has 1 aliphatic rings. The molecule has 0 aliphatic carbocycles. The van der Waals surface area contributed by atoms with Gasteiger partial charge in [-0.2, -0.15) is 0 Å². The van der Waals surface area contributed by atoms with Crippen LogP contribution in [0.5, 0.6) is 0 Å². The normalized spacial score (nSPS) is 17.8. The van der Waals surface area contributed by atoms with Crippen molar-refractivity contribution in [2.45, 2.75) is 19.4 Å². The summed E-state index contributed by atoms with van der Waals surface area (Å²) >= 11 is 0. The summed E-state index contributed by atoms with van der Waals surface area (Å²) in [5.41, 5.74) is 0.871. The summed E-state index contributed by atoms with van der Waals surface area (Å²) in [6.45, 7) is 3.49. The van der Waals surface area contributed by atoms with Gasteiger partial charge in [0.2, 0.25) is 0 Å². The highest BCUT2D eigenvalue weighted by Crippen LogP contribution is 2.21. The van der Waals surface area contributed by atoms with E-state index >= 15 is 0 Å². The standard InChI is InChI=1S/C14H18N2O5/c1-2-20-13(17)9-21-11-5-6-16(8-11)10-3-4-12(14(18)19)15-7-10/h3-4,7,11H,2,5-6,8-9H2,1H3,(H,18,19)/t11-/m1/s1. The first-order valence-corrected chi connectivity index (χ1v) is 6.81. The maximum atomic E-state index is 11.2. The number of carboxylic acid groups (broad SMARTS) is 1. The quantitative estimate of drug-likeness (QED) is 0.781. The van der Waals surface area contributed by atoms with Crippen LogP contribution in [-0.2, 0) is 14.3 Å². The summed E-state index contributed by atoms with van der Waals surface area (Å²) in [7, 11) is 0. The van der Waals surface area contributed by atoms with Crippen molar-refractivity contribution in [3.05, 3.63) is 24.0 Å². The average Bonchev–Trinajstić information content (AvgIpc) is 2.94. The van der Waals surface area contributed by atoms with Crippen molar-refractivity contribution >= 4 is 17.6 Å². The van der Waals surface area contributed by atoms with Gasteiger partial charge < -0.3 is 19.5 Å². The predicted octanol–water partition coefficient (Wildman–Crippen LogP) is 0.938. The van der Waals surface area contributed by atoms with Gasteiger partial charge in [-0.25, -0.2) is 14.6 Å². The van der Waals surface area contributed by atoms with Crippen LogP contribution in [0, 0.1) is 0 Å². The number of esters is 1. The van der Waals surface area contributed by atoms with Crippen molar-refractivity contribution in [3.8, 4) is 0 Å². The van der Waals surface area contributed by atoms with E-state index in [0.717, 1.165) is 18.7 Å². The fraction of sp³-hybridized carbons (Fsp3) is 0.500. The number of nitrogens with zero attached hydrogens (tertiary/aromatic N) is 2. The number of carbonyl (C=O) groups is 2. The van der Waals surface area contributed by atoms with Crippen molar-refractivity contribution < 1.29 is 24.2 Å². The van der Waals surface area contributed by atoms with E-state index in [0.29, 0.717) is 13.2 Å². The summed E-state index contributed by atoms with van der Waals surface area (Å²) in [5, 5.41) is 8.81. The lowest BCUT2D eigenvalue weighted by Crippen LogP contribution is -2.25. The Morgan fingerprint density at radius 3 is 2.90 bits per heavy atom. The summed E-state index contributed by atoms with van der Waals surface area (Å²) in [5.74, 6) is -1.40. The smallest absolute Gasteiger partial charge is 0.354 e. The average molecular weight is 294 g/mol. The molecule has 2 rings (SSSR count). The lowest BCUT2D eigenvalue weighted by atomic mass is 10.3. The van der Waals surface area contributed by atoms with E-state index in [-0.39, 0.29) is 24.4 Å². The minimum absolute atomic E-state index is 0.0214. The lowest BCUT2D eigenvalue weighted by Gasteiger charge is -2.18. The largest absolute Gasteiger partial charge is 0.477 e. The van der Waals surface area contributed by atoms with Crippen molar-refractivity contribution in [1.29, 1.82) is 0 Å². The van der Waals surface area contributed by atoms with Gasteiger partial charge in [0, 0.05) is 13.1 Å². The Labute approximate surface area is 122 Å². The van der Waals surface area contributed by atoms with Gasteiger partial charge in [-0.1, -0.05) is 0 Å². The van der Waals surface area contributed by atoms with Crippen LogP contribution in [0.15, 0.2) is 18.3 Å². The van der Waals surface area contributed by atoms with E-state index in [1.54, 1.807) is 13.0 Å². The van der Waals surface area contributed by atoms with Gasteiger partial charge in [-0.05, 0) is 25.5 Å². The molecule has 1 saturated heterocycles. The van der Waals surface area contributed by atoms with Gasteiger partial charge in [-0.15, -0.1) is 0 Å². The molecule has 1 N–H and O–H groups in total. The first kappa shape index (κ1) is 15.2. The van der Waals surface area contributed by atoms with Crippen LogP contribution >= 0.6 is 0 Å². The highest BCUT2D eigenvalue weighted by molar-refractivity contribution is 5.85. The maximum absolute atomic E-state index is 11.2. The Kier molecular flexibility index (Phi) is 5.10. The number of hydrogen-bond acceptors (Lipinski definition) is 6. The lowest BCUT2D eigenvalue weighted by molar-refractivity contribution is -0.150. The third kappa shape index (κ3) is 4.16. The number of anilines is 1. The van der Waals surface area contributed by atoms with E-state index in [4.69, 9.17) is 14.6 Å². The third-order valence-corrected chi connectivity index (χ3v) is 3.22. The molecule has 21 heavy (non-hydrogen) atoms. The number of hydrogen-bond donors (Lipinski definition) is 1. The zero-order valence-electron chi connectivity index (χ0n) is 11.8. The molecular weight excluding hydrogens is 276 g/mol. The molecule has 0 amide bonds. The summed E-state index contributed by atoms with van der Waals surface area (Å²) < 4.78 is 10.3. The Morgan fingerprint density at radius 1 is 1.48 bits per heavy atom. The number of aromatic nitrogens is 1. The first-order chi connectivity index (χ1) is 10.1. The van der Waals surface area contributed by atoms with Crippen LogP contribution in [0.25, 0.3) is 0 Å². The van der Waals surface area contributed by atoms with Gasteiger partial charge in [0.15, 0.2) is 0 Å². The van der Waals surface area contributed by atoms with Crippen molar-refractivity contribution in [2.24, 2.45) is 0 Å². The zero-order valence-corrected chi connectivity index (χ0v) is 11.8. The molecule has 1 aromatic heterocycles. The first-order valence-electron chi connectivity index (χ1n) is 6.81. The van der Waals surface area contributed by atoms with Crippen molar-refractivity contribution in [2.75, 3.05) is 31.2 Å². The van der Waals surface area contributed by atoms with Crippen LogP contribution in [0.2, 0.25) is 0 Å². The van der Waals surface area contributed by atoms with E-state index in [1.807, 2.05) is 0 Å². The van der Waals surface area contributed by atoms with E-state index in [9.17, 15) is 9.59 Å². The van der Waals surface area contributed by atoms with Gasteiger partial charge in [0.1, 0.15) is 12.3 Å². The molecule has 1 atom stereocenters. The number of pyridine rings is 1. The third-order valence-electron chi connectivity index (χ3n) is 3.22. The topological polar surface area (TPSA) is 89.0 Å². The molecule has 2 heterocycles. The van der Waals surface area contributed by atoms with Gasteiger partial charge in [0.25, 0.3) is 0 Å². The maximum Gasteiger partial charge on any atom is 0.354 e. The molecule has 7 nitrogen and oxygen atoms in total. The molecule has 0 spiro atoms. The van der Waals surface area contributed by atoms with E-state index in [1.165, 1.54) is 12.3 Å². The molecule has 1 fully saturated rings. The second kappa shape index (κ2) is 7.03. The molecule has 0 aromatic carbocycles. The molecular formula is C14H18N2O5. The Balaban J connectivity index is 1.84. The minimum atomic E-state index is -1.04. The van der Waals surface area contributed by atoms with Crippen LogP contribution in [-0.4, -0.2) is 54.4 Å². The van der Waals surface area contributed by atoms with Gasteiger partial charge >= 0.3 is 11.9 Å². The second-order valence-electron chi connectivity index (χ2n) is 4.68. The molecule has 1 aromatic rings.